The molecule has 0 atom stereocenters. The number of benzene rings is 1. The Bertz CT molecular complexity index is 801. The Hall–Kier alpha value is -2.96. The Kier molecular flexibility index (Phi) is 5.46. The minimum atomic E-state index is -0.454. The molecule has 1 aliphatic heterocycles. The van der Waals surface area contributed by atoms with Gasteiger partial charge in [-0.05, 0) is 43.0 Å². The number of rotatable bonds is 4. The molecule has 1 amide bonds. The van der Waals surface area contributed by atoms with Gasteiger partial charge in [-0.2, -0.15) is 0 Å². The van der Waals surface area contributed by atoms with Gasteiger partial charge in [0.15, 0.2) is 0 Å². The standard InChI is InChI=1S/C19H22N4O3/c1-13-7-10-23(11-8-13)19-20-9-6-16(22-19)17(24)21-15-5-3-4-14(12-15)18(25)26-2/h3-6,9,12-13H,7-8,10-11H2,1-2H3,(H,21,24). The first-order valence-corrected chi connectivity index (χ1v) is 8.64. The van der Waals surface area contributed by atoms with E-state index in [-0.39, 0.29) is 11.6 Å². The molecule has 7 nitrogen and oxygen atoms in total. The summed E-state index contributed by atoms with van der Waals surface area (Å²) in [6.45, 7) is 4.03. The second-order valence-corrected chi connectivity index (χ2v) is 6.44. The van der Waals surface area contributed by atoms with Crippen molar-refractivity contribution in [3.8, 4) is 0 Å². The number of carbonyl (C=O) groups is 2. The fraction of sp³-hybridized carbons (Fsp3) is 0.368. The van der Waals surface area contributed by atoms with Crippen LogP contribution in [0.1, 0.15) is 40.6 Å². The molecule has 1 fully saturated rings. The highest BCUT2D eigenvalue weighted by molar-refractivity contribution is 6.03. The molecule has 2 aromatic rings. The van der Waals surface area contributed by atoms with E-state index in [0.29, 0.717) is 23.1 Å². The fourth-order valence-corrected chi connectivity index (χ4v) is 2.87. The van der Waals surface area contributed by atoms with Crippen LogP contribution in [0.25, 0.3) is 0 Å². The first-order chi connectivity index (χ1) is 12.6. The number of amides is 1. The summed E-state index contributed by atoms with van der Waals surface area (Å²) in [6.07, 6.45) is 3.79. The highest BCUT2D eigenvalue weighted by Gasteiger charge is 2.19. The van der Waals surface area contributed by atoms with Gasteiger partial charge < -0.3 is 15.0 Å². The van der Waals surface area contributed by atoms with Gasteiger partial charge in [-0.3, -0.25) is 4.79 Å². The molecule has 3 rings (SSSR count). The first-order valence-electron chi connectivity index (χ1n) is 8.64. The molecule has 2 heterocycles. The van der Waals surface area contributed by atoms with E-state index >= 15 is 0 Å². The van der Waals surface area contributed by atoms with Gasteiger partial charge in [0.25, 0.3) is 5.91 Å². The number of ether oxygens (including phenoxy) is 1. The Morgan fingerprint density at radius 3 is 2.73 bits per heavy atom. The van der Waals surface area contributed by atoms with Crippen molar-refractivity contribution in [2.45, 2.75) is 19.8 Å². The van der Waals surface area contributed by atoms with Gasteiger partial charge in [-0.15, -0.1) is 0 Å². The predicted octanol–water partition coefficient (Wildman–Crippen LogP) is 2.75. The van der Waals surface area contributed by atoms with Crippen LogP contribution in [0.5, 0.6) is 0 Å². The van der Waals surface area contributed by atoms with Crippen molar-refractivity contribution < 1.29 is 14.3 Å². The van der Waals surface area contributed by atoms with Crippen LogP contribution in [0.15, 0.2) is 36.5 Å². The van der Waals surface area contributed by atoms with Crippen LogP contribution in [0.3, 0.4) is 0 Å². The van der Waals surface area contributed by atoms with Gasteiger partial charge in [-0.25, -0.2) is 14.8 Å². The highest BCUT2D eigenvalue weighted by atomic mass is 16.5. The van der Waals surface area contributed by atoms with E-state index in [4.69, 9.17) is 4.74 Å². The van der Waals surface area contributed by atoms with Crippen molar-refractivity contribution in [3.63, 3.8) is 0 Å². The van der Waals surface area contributed by atoms with Gasteiger partial charge in [0, 0.05) is 25.0 Å². The largest absolute Gasteiger partial charge is 0.465 e. The quantitative estimate of drug-likeness (QED) is 0.850. The molecule has 1 aromatic carbocycles. The lowest BCUT2D eigenvalue weighted by molar-refractivity contribution is 0.0600. The molecule has 136 valence electrons. The molecule has 1 saturated heterocycles. The van der Waals surface area contributed by atoms with Gasteiger partial charge in [0.1, 0.15) is 5.69 Å². The third-order valence-corrected chi connectivity index (χ3v) is 4.48. The van der Waals surface area contributed by atoms with Crippen molar-refractivity contribution in [3.05, 3.63) is 47.8 Å². The number of esters is 1. The topological polar surface area (TPSA) is 84.4 Å². The normalized spacial score (nSPS) is 14.8. The summed E-state index contributed by atoms with van der Waals surface area (Å²) in [5.74, 6) is 0.485. The fourth-order valence-electron chi connectivity index (χ4n) is 2.87. The maximum atomic E-state index is 12.5. The molecule has 1 N–H and O–H groups in total. The van der Waals surface area contributed by atoms with E-state index < -0.39 is 5.97 Å². The molecule has 1 aliphatic rings. The third-order valence-electron chi connectivity index (χ3n) is 4.48. The van der Waals surface area contributed by atoms with Crippen LogP contribution in [0.4, 0.5) is 11.6 Å². The summed E-state index contributed by atoms with van der Waals surface area (Å²) in [4.78, 5) is 34.9. The molecule has 26 heavy (non-hydrogen) atoms. The average molecular weight is 354 g/mol. The summed E-state index contributed by atoms with van der Waals surface area (Å²) >= 11 is 0. The summed E-state index contributed by atoms with van der Waals surface area (Å²) in [7, 11) is 1.32. The molecule has 0 unspecified atom stereocenters. The third kappa shape index (κ3) is 4.17. The molecular formula is C19H22N4O3. The zero-order chi connectivity index (χ0) is 18.5. The van der Waals surface area contributed by atoms with Crippen LogP contribution in [0.2, 0.25) is 0 Å². The molecule has 7 heteroatoms. The maximum absolute atomic E-state index is 12.5. The highest BCUT2D eigenvalue weighted by Crippen LogP contribution is 2.20. The number of anilines is 2. The molecular weight excluding hydrogens is 332 g/mol. The Balaban J connectivity index is 1.72. The van der Waals surface area contributed by atoms with Crippen molar-refractivity contribution >= 4 is 23.5 Å². The first kappa shape index (κ1) is 17.8. The lowest BCUT2D eigenvalue weighted by Gasteiger charge is -2.30. The Morgan fingerprint density at radius 1 is 1.23 bits per heavy atom. The number of nitrogens with zero attached hydrogens (tertiary/aromatic N) is 3. The maximum Gasteiger partial charge on any atom is 0.337 e. The number of aromatic nitrogens is 2. The van der Waals surface area contributed by atoms with Crippen molar-refractivity contribution in [1.29, 1.82) is 0 Å². The van der Waals surface area contributed by atoms with E-state index in [1.54, 1.807) is 36.5 Å². The minimum Gasteiger partial charge on any atom is -0.465 e. The minimum absolute atomic E-state index is 0.289. The summed E-state index contributed by atoms with van der Waals surface area (Å²) in [5.41, 5.74) is 1.16. The van der Waals surface area contributed by atoms with Crippen molar-refractivity contribution in [1.82, 2.24) is 9.97 Å². The van der Waals surface area contributed by atoms with Crippen LogP contribution < -0.4 is 10.2 Å². The van der Waals surface area contributed by atoms with Crippen LogP contribution in [0, 0.1) is 5.92 Å². The lowest BCUT2D eigenvalue weighted by Crippen LogP contribution is -2.34. The Labute approximate surface area is 152 Å². The average Bonchev–Trinajstić information content (AvgIpc) is 2.68. The summed E-state index contributed by atoms with van der Waals surface area (Å²) in [6, 6.07) is 8.16. The number of carbonyl (C=O) groups excluding carboxylic acids is 2. The van der Waals surface area contributed by atoms with E-state index in [1.165, 1.54) is 7.11 Å². The number of nitrogens with one attached hydrogen (secondary N) is 1. The molecule has 0 radical (unpaired) electrons. The van der Waals surface area contributed by atoms with Crippen LogP contribution in [-0.2, 0) is 4.74 Å². The molecule has 0 bridgehead atoms. The number of hydrogen-bond donors (Lipinski definition) is 1. The van der Waals surface area contributed by atoms with E-state index in [2.05, 4.69) is 27.1 Å². The second kappa shape index (κ2) is 7.95. The zero-order valence-electron chi connectivity index (χ0n) is 14.9. The SMILES string of the molecule is COC(=O)c1cccc(NC(=O)c2ccnc(N3CCC(C)CC3)n2)c1. The molecule has 1 aromatic heterocycles. The van der Waals surface area contributed by atoms with Gasteiger partial charge >= 0.3 is 5.97 Å². The summed E-state index contributed by atoms with van der Waals surface area (Å²) in [5, 5.41) is 2.76. The van der Waals surface area contributed by atoms with Crippen LogP contribution >= 0.6 is 0 Å². The van der Waals surface area contributed by atoms with E-state index in [1.807, 2.05) is 0 Å². The van der Waals surface area contributed by atoms with Gasteiger partial charge in [-0.1, -0.05) is 13.0 Å². The van der Waals surface area contributed by atoms with Crippen molar-refractivity contribution in [2.24, 2.45) is 5.92 Å². The predicted molar refractivity (Wildman–Crippen MR) is 98.4 cm³/mol. The lowest BCUT2D eigenvalue weighted by atomic mass is 10.00. The number of piperidine rings is 1. The van der Waals surface area contributed by atoms with E-state index in [9.17, 15) is 9.59 Å². The number of hydrogen-bond acceptors (Lipinski definition) is 6. The van der Waals surface area contributed by atoms with Gasteiger partial charge in [0.2, 0.25) is 5.95 Å². The van der Waals surface area contributed by atoms with Gasteiger partial charge in [0.05, 0.1) is 12.7 Å². The number of methoxy groups -OCH3 is 1. The van der Waals surface area contributed by atoms with Crippen LogP contribution in [-0.4, -0.2) is 42.0 Å². The monoisotopic (exact) mass is 354 g/mol. The zero-order valence-corrected chi connectivity index (χ0v) is 14.9. The Morgan fingerprint density at radius 2 is 2.00 bits per heavy atom. The summed E-state index contributed by atoms with van der Waals surface area (Å²) < 4.78 is 4.69. The second-order valence-electron chi connectivity index (χ2n) is 6.44. The molecule has 0 saturated carbocycles. The molecule has 0 aliphatic carbocycles. The molecule has 0 spiro atoms. The smallest absolute Gasteiger partial charge is 0.337 e. The van der Waals surface area contributed by atoms with Crippen molar-refractivity contribution in [2.75, 3.05) is 30.4 Å². The van der Waals surface area contributed by atoms with E-state index in [0.717, 1.165) is 25.9 Å².